The average molecular weight is 264 g/mol. The van der Waals surface area contributed by atoms with Gasteiger partial charge in [-0.25, -0.2) is 0 Å². The Hall–Kier alpha value is -0.860. The van der Waals surface area contributed by atoms with E-state index in [2.05, 4.69) is 26.0 Å². The highest BCUT2D eigenvalue weighted by molar-refractivity contribution is 5.24. The number of rotatable bonds is 9. The summed E-state index contributed by atoms with van der Waals surface area (Å²) < 4.78 is 5.71. The Labute approximate surface area is 117 Å². The molecule has 0 radical (unpaired) electrons. The number of hydrogen-bond acceptors (Lipinski definition) is 2. The van der Waals surface area contributed by atoms with E-state index in [1.54, 1.807) is 0 Å². The maximum Gasteiger partial charge on any atom is 0.105 e. The maximum atomic E-state index is 10.2. The largest absolute Gasteiger partial charge is 0.386 e. The molecule has 2 nitrogen and oxygen atoms in total. The van der Waals surface area contributed by atoms with Gasteiger partial charge in [-0.3, -0.25) is 0 Å². The second kappa shape index (κ2) is 9.11. The van der Waals surface area contributed by atoms with Gasteiger partial charge in [0.25, 0.3) is 0 Å². The first-order chi connectivity index (χ1) is 9.19. The summed E-state index contributed by atoms with van der Waals surface area (Å²) in [5.41, 5.74) is 2.24. The van der Waals surface area contributed by atoms with Crippen LogP contribution >= 0.6 is 0 Å². The predicted molar refractivity (Wildman–Crippen MR) is 80.3 cm³/mol. The van der Waals surface area contributed by atoms with Crippen LogP contribution in [0.5, 0.6) is 0 Å². The standard InChI is InChI=1S/C17H28O2/c1-4-6-7-8-13-19-14(3)17(18)16-11-9-15(5-2)10-12-16/h9-12,14,17-18H,4-8,13H2,1-3H3. The second-order valence-electron chi connectivity index (χ2n) is 5.18. The summed E-state index contributed by atoms with van der Waals surface area (Å²) in [7, 11) is 0. The van der Waals surface area contributed by atoms with Crippen molar-refractivity contribution in [1.82, 2.24) is 0 Å². The molecule has 0 aliphatic rings. The third-order valence-electron chi connectivity index (χ3n) is 3.55. The zero-order chi connectivity index (χ0) is 14.1. The molecule has 0 aliphatic heterocycles. The second-order valence-corrected chi connectivity index (χ2v) is 5.18. The minimum Gasteiger partial charge on any atom is -0.386 e. The van der Waals surface area contributed by atoms with Gasteiger partial charge in [0.2, 0.25) is 0 Å². The van der Waals surface area contributed by atoms with Gasteiger partial charge < -0.3 is 9.84 Å². The van der Waals surface area contributed by atoms with E-state index in [9.17, 15) is 5.11 Å². The van der Waals surface area contributed by atoms with Gasteiger partial charge >= 0.3 is 0 Å². The van der Waals surface area contributed by atoms with E-state index in [-0.39, 0.29) is 6.10 Å². The number of ether oxygens (including phenoxy) is 1. The van der Waals surface area contributed by atoms with Crippen LogP contribution in [0.3, 0.4) is 0 Å². The van der Waals surface area contributed by atoms with E-state index in [0.717, 1.165) is 25.0 Å². The molecule has 1 rings (SSSR count). The quantitative estimate of drug-likeness (QED) is 0.675. The highest BCUT2D eigenvalue weighted by Gasteiger charge is 2.16. The summed E-state index contributed by atoms with van der Waals surface area (Å²) in [6, 6.07) is 8.15. The van der Waals surface area contributed by atoms with Crippen LogP contribution in [0.4, 0.5) is 0 Å². The number of aliphatic hydroxyl groups excluding tert-OH is 1. The minimum absolute atomic E-state index is 0.144. The van der Waals surface area contributed by atoms with E-state index in [0.29, 0.717) is 0 Å². The first-order valence-electron chi connectivity index (χ1n) is 7.57. The van der Waals surface area contributed by atoms with Crippen LogP contribution in [0.15, 0.2) is 24.3 Å². The fraction of sp³-hybridized carbons (Fsp3) is 0.647. The third kappa shape index (κ3) is 5.75. The molecule has 0 amide bonds. The van der Waals surface area contributed by atoms with Crippen molar-refractivity contribution in [2.45, 2.75) is 65.1 Å². The summed E-state index contributed by atoms with van der Waals surface area (Å²) >= 11 is 0. The molecule has 108 valence electrons. The molecule has 1 N–H and O–H groups in total. The molecule has 1 aromatic rings. The van der Waals surface area contributed by atoms with Crippen molar-refractivity contribution in [1.29, 1.82) is 0 Å². The minimum atomic E-state index is -0.530. The van der Waals surface area contributed by atoms with Crippen LogP contribution in [0.1, 0.15) is 63.7 Å². The molecule has 0 fully saturated rings. The molecular weight excluding hydrogens is 236 g/mol. The van der Waals surface area contributed by atoms with E-state index in [1.165, 1.54) is 24.8 Å². The van der Waals surface area contributed by atoms with Crippen LogP contribution in [0.2, 0.25) is 0 Å². The van der Waals surface area contributed by atoms with Crippen molar-refractivity contribution in [2.75, 3.05) is 6.61 Å². The first kappa shape index (κ1) is 16.2. The van der Waals surface area contributed by atoms with E-state index < -0.39 is 6.10 Å². The van der Waals surface area contributed by atoms with Gasteiger partial charge in [-0.1, -0.05) is 57.4 Å². The summed E-state index contributed by atoms with van der Waals surface area (Å²) in [5, 5.41) is 10.2. The Morgan fingerprint density at radius 1 is 1.05 bits per heavy atom. The molecule has 19 heavy (non-hydrogen) atoms. The lowest BCUT2D eigenvalue weighted by atomic mass is 10.0. The van der Waals surface area contributed by atoms with Crippen LogP contribution in [0.25, 0.3) is 0 Å². The number of aryl methyl sites for hydroxylation is 1. The number of benzene rings is 1. The summed E-state index contributed by atoms with van der Waals surface area (Å²) in [6.45, 7) is 7.02. The highest BCUT2D eigenvalue weighted by Crippen LogP contribution is 2.20. The van der Waals surface area contributed by atoms with Crippen molar-refractivity contribution in [2.24, 2.45) is 0 Å². The van der Waals surface area contributed by atoms with Gasteiger partial charge in [0.15, 0.2) is 0 Å². The summed E-state index contributed by atoms with van der Waals surface area (Å²) in [6.07, 6.45) is 5.15. The Kier molecular flexibility index (Phi) is 7.76. The van der Waals surface area contributed by atoms with Crippen LogP contribution in [-0.4, -0.2) is 17.8 Å². The summed E-state index contributed by atoms with van der Waals surface area (Å²) in [5.74, 6) is 0. The van der Waals surface area contributed by atoms with Crippen molar-refractivity contribution in [3.8, 4) is 0 Å². The van der Waals surface area contributed by atoms with Crippen molar-refractivity contribution >= 4 is 0 Å². The highest BCUT2D eigenvalue weighted by atomic mass is 16.5. The van der Waals surface area contributed by atoms with Crippen LogP contribution in [0, 0.1) is 0 Å². The molecule has 0 spiro atoms. The molecule has 2 unspecified atom stereocenters. The van der Waals surface area contributed by atoms with Crippen molar-refractivity contribution in [3.63, 3.8) is 0 Å². The molecule has 0 bridgehead atoms. The molecule has 0 aromatic heterocycles. The molecule has 2 atom stereocenters. The normalized spacial score (nSPS) is 14.3. The van der Waals surface area contributed by atoms with Gasteiger partial charge in [-0.05, 0) is 30.9 Å². The molecule has 2 heteroatoms. The van der Waals surface area contributed by atoms with Gasteiger partial charge in [0, 0.05) is 6.61 Å². The third-order valence-corrected chi connectivity index (χ3v) is 3.55. The van der Waals surface area contributed by atoms with Gasteiger partial charge in [-0.15, -0.1) is 0 Å². The van der Waals surface area contributed by atoms with Crippen LogP contribution < -0.4 is 0 Å². The lowest BCUT2D eigenvalue weighted by Crippen LogP contribution is -2.19. The zero-order valence-corrected chi connectivity index (χ0v) is 12.6. The first-order valence-corrected chi connectivity index (χ1v) is 7.57. The Morgan fingerprint density at radius 2 is 1.74 bits per heavy atom. The fourth-order valence-electron chi connectivity index (χ4n) is 2.11. The predicted octanol–water partition coefficient (Wildman–Crippen LogP) is 4.27. The van der Waals surface area contributed by atoms with Crippen molar-refractivity contribution in [3.05, 3.63) is 35.4 Å². The summed E-state index contributed by atoms with van der Waals surface area (Å²) in [4.78, 5) is 0. The van der Waals surface area contributed by atoms with Gasteiger partial charge in [-0.2, -0.15) is 0 Å². The van der Waals surface area contributed by atoms with Gasteiger partial charge in [0.05, 0.1) is 6.10 Å². The molecule has 1 aromatic carbocycles. The molecule has 0 saturated heterocycles. The lowest BCUT2D eigenvalue weighted by Gasteiger charge is -2.20. The monoisotopic (exact) mass is 264 g/mol. The van der Waals surface area contributed by atoms with E-state index in [4.69, 9.17) is 4.74 Å². The van der Waals surface area contributed by atoms with Crippen molar-refractivity contribution < 1.29 is 9.84 Å². The van der Waals surface area contributed by atoms with Gasteiger partial charge in [0.1, 0.15) is 6.10 Å². The number of hydrogen-bond donors (Lipinski definition) is 1. The number of unbranched alkanes of at least 4 members (excludes halogenated alkanes) is 3. The van der Waals surface area contributed by atoms with Crippen LogP contribution in [-0.2, 0) is 11.2 Å². The zero-order valence-electron chi connectivity index (χ0n) is 12.6. The fourth-order valence-corrected chi connectivity index (χ4v) is 2.11. The Morgan fingerprint density at radius 3 is 2.32 bits per heavy atom. The average Bonchev–Trinajstić information content (AvgIpc) is 2.46. The van der Waals surface area contributed by atoms with E-state index >= 15 is 0 Å². The Bertz CT molecular complexity index is 332. The smallest absolute Gasteiger partial charge is 0.105 e. The molecule has 0 saturated carbocycles. The molecule has 0 heterocycles. The Balaban J connectivity index is 2.36. The topological polar surface area (TPSA) is 29.5 Å². The SMILES string of the molecule is CCCCCCOC(C)C(O)c1ccc(CC)cc1. The number of aliphatic hydroxyl groups is 1. The maximum absolute atomic E-state index is 10.2. The van der Waals surface area contributed by atoms with E-state index in [1.807, 2.05) is 19.1 Å². The molecular formula is C17H28O2. The molecule has 0 aliphatic carbocycles. The lowest BCUT2D eigenvalue weighted by molar-refractivity contribution is -0.0291.